The van der Waals surface area contributed by atoms with Crippen molar-refractivity contribution in [2.45, 2.75) is 0 Å². The Kier molecular flexibility index (Phi) is 4.19. The standard InChI is InChI=1S/C20H13N3O3/c21-12-16(15-5-6-18-19(11-15)25-13-24-18)9-14-3-1-4-17(10-14)26-20-22-7-2-8-23-20/h1-11H,13H2. The number of hydrogen-bond acceptors (Lipinski definition) is 6. The predicted molar refractivity (Wildman–Crippen MR) is 94.6 cm³/mol. The van der Waals surface area contributed by atoms with E-state index in [4.69, 9.17) is 14.2 Å². The van der Waals surface area contributed by atoms with Crippen LogP contribution in [0, 0.1) is 11.3 Å². The van der Waals surface area contributed by atoms with E-state index in [9.17, 15) is 5.26 Å². The topological polar surface area (TPSA) is 77.3 Å². The Morgan fingerprint density at radius 2 is 1.88 bits per heavy atom. The summed E-state index contributed by atoms with van der Waals surface area (Å²) in [6.45, 7) is 0.200. The van der Waals surface area contributed by atoms with Crippen LogP contribution < -0.4 is 14.2 Å². The first kappa shape index (κ1) is 15.7. The van der Waals surface area contributed by atoms with Crippen LogP contribution in [0.4, 0.5) is 0 Å². The number of fused-ring (bicyclic) bond motifs is 1. The maximum atomic E-state index is 9.55. The van der Waals surface area contributed by atoms with Crippen LogP contribution in [-0.2, 0) is 0 Å². The fraction of sp³-hybridized carbons (Fsp3) is 0.0500. The zero-order valence-electron chi connectivity index (χ0n) is 13.6. The SMILES string of the molecule is N#CC(=Cc1cccc(Oc2ncccn2)c1)c1ccc2c(c1)OCO2. The first-order chi connectivity index (χ1) is 12.8. The minimum absolute atomic E-state index is 0.200. The fourth-order valence-corrected chi connectivity index (χ4v) is 2.52. The highest BCUT2D eigenvalue weighted by Crippen LogP contribution is 2.34. The van der Waals surface area contributed by atoms with Gasteiger partial charge in [-0.1, -0.05) is 12.1 Å². The first-order valence-electron chi connectivity index (χ1n) is 7.88. The largest absolute Gasteiger partial charge is 0.454 e. The number of benzene rings is 2. The molecule has 4 rings (SSSR count). The van der Waals surface area contributed by atoms with Crippen LogP contribution in [0.25, 0.3) is 11.6 Å². The molecule has 0 radical (unpaired) electrons. The third-order valence-electron chi connectivity index (χ3n) is 3.72. The Morgan fingerprint density at radius 3 is 2.73 bits per heavy atom. The maximum Gasteiger partial charge on any atom is 0.321 e. The summed E-state index contributed by atoms with van der Waals surface area (Å²) >= 11 is 0. The van der Waals surface area contributed by atoms with Gasteiger partial charge in [0.25, 0.3) is 0 Å². The molecule has 1 aliphatic heterocycles. The van der Waals surface area contributed by atoms with Gasteiger partial charge in [-0.25, -0.2) is 9.97 Å². The summed E-state index contributed by atoms with van der Waals surface area (Å²) < 4.78 is 16.3. The van der Waals surface area contributed by atoms with E-state index in [1.807, 2.05) is 24.3 Å². The number of allylic oxidation sites excluding steroid dienone is 1. The molecule has 0 unspecified atom stereocenters. The molecular formula is C20H13N3O3. The summed E-state index contributed by atoms with van der Waals surface area (Å²) in [5.74, 6) is 1.92. The van der Waals surface area contributed by atoms with Crippen molar-refractivity contribution in [3.8, 4) is 29.3 Å². The highest BCUT2D eigenvalue weighted by Gasteiger charge is 2.14. The Bertz CT molecular complexity index is 1010. The van der Waals surface area contributed by atoms with E-state index >= 15 is 0 Å². The molecule has 1 aliphatic rings. The molecule has 6 nitrogen and oxygen atoms in total. The second kappa shape index (κ2) is 6.95. The smallest absolute Gasteiger partial charge is 0.321 e. The average Bonchev–Trinajstić information content (AvgIpc) is 3.15. The quantitative estimate of drug-likeness (QED) is 0.525. The summed E-state index contributed by atoms with van der Waals surface area (Å²) in [6.07, 6.45) is 5.01. The molecule has 2 heterocycles. The van der Waals surface area contributed by atoms with Crippen molar-refractivity contribution >= 4 is 11.6 Å². The summed E-state index contributed by atoms with van der Waals surface area (Å²) in [7, 11) is 0. The minimum atomic E-state index is 0.200. The molecular weight excluding hydrogens is 330 g/mol. The molecule has 0 bridgehead atoms. The Labute approximate surface area is 149 Å². The fourth-order valence-electron chi connectivity index (χ4n) is 2.52. The van der Waals surface area contributed by atoms with Crippen molar-refractivity contribution in [1.29, 1.82) is 5.26 Å². The van der Waals surface area contributed by atoms with Gasteiger partial charge in [0.05, 0.1) is 11.6 Å². The van der Waals surface area contributed by atoms with E-state index < -0.39 is 0 Å². The number of rotatable bonds is 4. The van der Waals surface area contributed by atoms with Gasteiger partial charge in [0.1, 0.15) is 5.75 Å². The second-order valence-corrected chi connectivity index (χ2v) is 5.44. The molecule has 6 heteroatoms. The number of nitrogens with zero attached hydrogens (tertiary/aromatic N) is 3. The van der Waals surface area contributed by atoms with Crippen LogP contribution in [0.2, 0.25) is 0 Å². The number of ether oxygens (including phenoxy) is 3. The lowest BCUT2D eigenvalue weighted by Gasteiger charge is -2.05. The highest BCUT2D eigenvalue weighted by molar-refractivity contribution is 5.90. The molecule has 0 saturated carbocycles. The third-order valence-corrected chi connectivity index (χ3v) is 3.72. The van der Waals surface area contributed by atoms with Gasteiger partial charge < -0.3 is 14.2 Å². The zero-order valence-corrected chi connectivity index (χ0v) is 13.6. The number of nitriles is 1. The zero-order chi connectivity index (χ0) is 17.8. The third kappa shape index (κ3) is 3.32. The lowest BCUT2D eigenvalue weighted by molar-refractivity contribution is 0.174. The van der Waals surface area contributed by atoms with Crippen LogP contribution in [-0.4, -0.2) is 16.8 Å². The highest BCUT2D eigenvalue weighted by atomic mass is 16.7. The lowest BCUT2D eigenvalue weighted by atomic mass is 10.0. The Balaban J connectivity index is 1.62. The molecule has 0 spiro atoms. The molecule has 2 aromatic carbocycles. The van der Waals surface area contributed by atoms with E-state index in [0.717, 1.165) is 11.1 Å². The van der Waals surface area contributed by atoms with Crippen molar-refractivity contribution in [3.63, 3.8) is 0 Å². The molecule has 0 atom stereocenters. The molecule has 0 saturated heterocycles. The van der Waals surface area contributed by atoms with Crippen molar-refractivity contribution in [2.24, 2.45) is 0 Å². The van der Waals surface area contributed by atoms with Crippen molar-refractivity contribution in [2.75, 3.05) is 6.79 Å². The van der Waals surface area contributed by atoms with Crippen LogP contribution in [0.1, 0.15) is 11.1 Å². The van der Waals surface area contributed by atoms with E-state index in [1.54, 1.807) is 42.7 Å². The molecule has 0 fully saturated rings. The predicted octanol–water partition coefficient (Wildman–Crippen LogP) is 4.06. The van der Waals surface area contributed by atoms with E-state index in [-0.39, 0.29) is 12.8 Å². The van der Waals surface area contributed by atoms with Crippen molar-refractivity contribution in [3.05, 3.63) is 72.1 Å². The summed E-state index contributed by atoms with van der Waals surface area (Å²) in [5.41, 5.74) is 2.10. The monoisotopic (exact) mass is 343 g/mol. The van der Waals surface area contributed by atoms with Crippen molar-refractivity contribution in [1.82, 2.24) is 9.97 Å². The van der Waals surface area contributed by atoms with Gasteiger partial charge in [-0.3, -0.25) is 0 Å². The van der Waals surface area contributed by atoms with Gasteiger partial charge in [-0.05, 0) is 53.6 Å². The molecule has 3 aromatic rings. The average molecular weight is 343 g/mol. The van der Waals surface area contributed by atoms with E-state index in [0.29, 0.717) is 22.8 Å². The molecule has 26 heavy (non-hydrogen) atoms. The van der Waals surface area contributed by atoms with Gasteiger partial charge in [0.2, 0.25) is 6.79 Å². The van der Waals surface area contributed by atoms with Gasteiger partial charge in [-0.15, -0.1) is 0 Å². The van der Waals surface area contributed by atoms with Crippen LogP contribution in [0.3, 0.4) is 0 Å². The first-order valence-corrected chi connectivity index (χ1v) is 7.88. The van der Waals surface area contributed by atoms with Crippen LogP contribution in [0.5, 0.6) is 23.3 Å². The van der Waals surface area contributed by atoms with Gasteiger partial charge in [0.15, 0.2) is 11.5 Å². The van der Waals surface area contributed by atoms with Crippen LogP contribution >= 0.6 is 0 Å². The Morgan fingerprint density at radius 1 is 1.04 bits per heavy atom. The summed E-state index contributed by atoms with van der Waals surface area (Å²) in [5, 5.41) is 9.55. The molecule has 0 amide bonds. The normalized spacial score (nSPS) is 12.5. The van der Waals surface area contributed by atoms with Gasteiger partial charge in [-0.2, -0.15) is 5.26 Å². The number of aromatic nitrogens is 2. The van der Waals surface area contributed by atoms with E-state index in [1.165, 1.54) is 0 Å². The second-order valence-electron chi connectivity index (χ2n) is 5.44. The molecule has 126 valence electrons. The summed E-state index contributed by atoms with van der Waals surface area (Å²) in [6, 6.07) is 17.0. The van der Waals surface area contributed by atoms with Crippen molar-refractivity contribution < 1.29 is 14.2 Å². The lowest BCUT2D eigenvalue weighted by Crippen LogP contribution is -1.92. The summed E-state index contributed by atoms with van der Waals surface area (Å²) in [4.78, 5) is 8.07. The number of hydrogen-bond donors (Lipinski definition) is 0. The van der Waals surface area contributed by atoms with Gasteiger partial charge >= 0.3 is 6.01 Å². The minimum Gasteiger partial charge on any atom is -0.454 e. The molecule has 0 aliphatic carbocycles. The Hall–Kier alpha value is -3.85. The molecule has 1 aromatic heterocycles. The molecule has 0 N–H and O–H groups in total. The van der Waals surface area contributed by atoms with Gasteiger partial charge in [0, 0.05) is 12.4 Å². The maximum absolute atomic E-state index is 9.55. The van der Waals surface area contributed by atoms with Crippen LogP contribution in [0.15, 0.2) is 60.9 Å². The van der Waals surface area contributed by atoms with E-state index in [2.05, 4.69) is 16.0 Å².